The summed E-state index contributed by atoms with van der Waals surface area (Å²) in [5.41, 5.74) is 0.607. The van der Waals surface area contributed by atoms with Gasteiger partial charge in [0.05, 0.1) is 5.69 Å². The number of Topliss-reactive ketones (excluding diaryl/α,β-unsaturated/α-hetero) is 2. The van der Waals surface area contributed by atoms with Gasteiger partial charge in [0, 0.05) is 18.8 Å². The molecule has 1 rings (SSSR count). The molecule has 0 fully saturated rings. The van der Waals surface area contributed by atoms with Gasteiger partial charge in [-0.2, -0.15) is 0 Å². The normalized spacial score (nSPS) is 11.5. The molecule has 1 aromatic rings. The first-order chi connectivity index (χ1) is 6.73. The van der Waals surface area contributed by atoms with Gasteiger partial charge in [-0.15, -0.1) is 0 Å². The molecule has 0 atom stereocenters. The minimum atomic E-state index is -2.00. The second kappa shape index (κ2) is 4.16. The van der Waals surface area contributed by atoms with Gasteiger partial charge in [0.1, 0.15) is 0 Å². The summed E-state index contributed by atoms with van der Waals surface area (Å²) in [7, 11) is 1.61. The number of carbonyl (C=O) groups is 2. The summed E-state index contributed by atoms with van der Waals surface area (Å²) in [6, 6.07) is 1.41. The molecule has 0 aromatic carbocycles. The van der Waals surface area contributed by atoms with E-state index < -0.39 is 9.58 Å². The van der Waals surface area contributed by atoms with Crippen LogP contribution in [0.2, 0.25) is 0 Å². The standard InChI is InChI=1S/C9H8Cl3NO2/c1-5(14)6-3-7(13(2)4-6)8(15)9(10,11)12/h3-4H,1-2H3. The maximum absolute atomic E-state index is 11.6. The lowest BCUT2D eigenvalue weighted by atomic mass is 10.2. The Bertz CT molecular complexity index is 417. The van der Waals surface area contributed by atoms with Crippen molar-refractivity contribution < 1.29 is 9.59 Å². The van der Waals surface area contributed by atoms with Crippen LogP contribution in [0.4, 0.5) is 0 Å². The Morgan fingerprint density at radius 1 is 1.33 bits per heavy atom. The Morgan fingerprint density at radius 2 is 1.87 bits per heavy atom. The van der Waals surface area contributed by atoms with Gasteiger partial charge >= 0.3 is 0 Å². The van der Waals surface area contributed by atoms with Gasteiger partial charge in [-0.25, -0.2) is 0 Å². The van der Waals surface area contributed by atoms with Crippen LogP contribution in [0.15, 0.2) is 12.3 Å². The minimum absolute atomic E-state index is 0.144. The average molecular weight is 269 g/mol. The van der Waals surface area contributed by atoms with Crippen LogP contribution in [0.5, 0.6) is 0 Å². The van der Waals surface area contributed by atoms with E-state index in [-0.39, 0.29) is 11.5 Å². The second-order valence-electron chi connectivity index (χ2n) is 3.11. The molecule has 0 spiro atoms. The van der Waals surface area contributed by atoms with E-state index in [2.05, 4.69) is 0 Å². The molecule has 0 saturated carbocycles. The fraction of sp³-hybridized carbons (Fsp3) is 0.333. The highest BCUT2D eigenvalue weighted by Gasteiger charge is 2.33. The molecule has 15 heavy (non-hydrogen) atoms. The van der Waals surface area contributed by atoms with E-state index in [1.165, 1.54) is 23.8 Å². The number of nitrogens with zero attached hydrogens (tertiary/aromatic N) is 1. The highest BCUT2D eigenvalue weighted by molar-refractivity contribution is 6.77. The fourth-order valence-corrected chi connectivity index (χ4v) is 1.42. The van der Waals surface area contributed by atoms with Crippen LogP contribution in [-0.4, -0.2) is 19.9 Å². The number of ketones is 2. The van der Waals surface area contributed by atoms with Crippen LogP contribution < -0.4 is 0 Å². The molecule has 0 bridgehead atoms. The lowest BCUT2D eigenvalue weighted by Crippen LogP contribution is -2.21. The highest BCUT2D eigenvalue weighted by atomic mass is 35.6. The van der Waals surface area contributed by atoms with Crippen LogP contribution in [0, 0.1) is 0 Å². The number of carbonyl (C=O) groups excluding carboxylic acids is 2. The average Bonchev–Trinajstić information content (AvgIpc) is 2.44. The van der Waals surface area contributed by atoms with Gasteiger partial charge in [0.2, 0.25) is 5.78 Å². The number of rotatable bonds is 2. The summed E-state index contributed by atoms with van der Waals surface area (Å²) >= 11 is 16.4. The molecule has 0 N–H and O–H groups in total. The number of aryl methyl sites for hydroxylation is 1. The third-order valence-electron chi connectivity index (χ3n) is 1.90. The molecule has 0 aliphatic carbocycles. The topological polar surface area (TPSA) is 39.1 Å². The van der Waals surface area contributed by atoms with E-state index in [0.29, 0.717) is 5.56 Å². The van der Waals surface area contributed by atoms with E-state index in [1.54, 1.807) is 7.05 Å². The van der Waals surface area contributed by atoms with Crippen molar-refractivity contribution in [2.45, 2.75) is 10.7 Å². The van der Waals surface area contributed by atoms with Crippen molar-refractivity contribution >= 4 is 46.4 Å². The van der Waals surface area contributed by atoms with Crippen molar-refractivity contribution in [3.8, 4) is 0 Å². The Kier molecular flexibility index (Phi) is 3.48. The first-order valence-electron chi connectivity index (χ1n) is 4.02. The van der Waals surface area contributed by atoms with Gasteiger partial charge in [0.25, 0.3) is 3.79 Å². The second-order valence-corrected chi connectivity index (χ2v) is 5.39. The number of hydrogen-bond acceptors (Lipinski definition) is 2. The van der Waals surface area contributed by atoms with E-state index in [1.807, 2.05) is 0 Å². The van der Waals surface area contributed by atoms with E-state index in [4.69, 9.17) is 34.8 Å². The van der Waals surface area contributed by atoms with Crippen molar-refractivity contribution in [3.63, 3.8) is 0 Å². The van der Waals surface area contributed by atoms with Crippen molar-refractivity contribution in [2.24, 2.45) is 7.05 Å². The van der Waals surface area contributed by atoms with Gasteiger partial charge in [-0.05, 0) is 13.0 Å². The lowest BCUT2D eigenvalue weighted by Gasteiger charge is -2.09. The summed E-state index contributed by atoms with van der Waals surface area (Å²) in [6.45, 7) is 1.40. The lowest BCUT2D eigenvalue weighted by molar-refractivity contribution is 0.0987. The van der Waals surface area contributed by atoms with E-state index in [9.17, 15) is 9.59 Å². The van der Waals surface area contributed by atoms with Gasteiger partial charge in [-0.3, -0.25) is 9.59 Å². The highest BCUT2D eigenvalue weighted by Crippen LogP contribution is 2.30. The molecule has 0 amide bonds. The molecule has 1 aromatic heterocycles. The predicted octanol–water partition coefficient (Wildman–Crippen LogP) is 2.78. The largest absolute Gasteiger partial charge is 0.347 e. The number of hydrogen-bond donors (Lipinski definition) is 0. The molecule has 82 valence electrons. The Morgan fingerprint density at radius 3 is 2.20 bits per heavy atom. The molecular weight excluding hydrogens is 260 g/mol. The van der Waals surface area contributed by atoms with Gasteiger partial charge in [-0.1, -0.05) is 34.8 Å². The van der Waals surface area contributed by atoms with E-state index >= 15 is 0 Å². The van der Waals surface area contributed by atoms with Crippen molar-refractivity contribution in [2.75, 3.05) is 0 Å². The molecule has 0 radical (unpaired) electrons. The first kappa shape index (κ1) is 12.6. The molecule has 0 aliphatic rings. The third kappa shape index (κ3) is 2.74. The quantitative estimate of drug-likeness (QED) is 0.611. The number of alkyl halides is 3. The summed E-state index contributed by atoms with van der Waals surface area (Å²) < 4.78 is -0.541. The van der Waals surface area contributed by atoms with Crippen LogP contribution >= 0.6 is 34.8 Å². The molecule has 0 saturated heterocycles. The Balaban J connectivity index is 3.16. The summed E-state index contributed by atoms with van der Waals surface area (Å²) in [5, 5.41) is 0. The van der Waals surface area contributed by atoms with Crippen molar-refractivity contribution in [1.82, 2.24) is 4.57 Å². The SMILES string of the molecule is CC(=O)c1cc(C(=O)C(Cl)(Cl)Cl)n(C)c1. The van der Waals surface area contributed by atoms with Crippen LogP contribution in [0.3, 0.4) is 0 Å². The fourth-order valence-electron chi connectivity index (χ4n) is 1.13. The molecule has 3 nitrogen and oxygen atoms in total. The smallest absolute Gasteiger partial charge is 0.255 e. The molecule has 0 unspecified atom stereocenters. The number of halogens is 3. The summed E-state index contributed by atoms with van der Waals surface area (Å²) in [6.07, 6.45) is 1.52. The number of aromatic nitrogens is 1. The van der Waals surface area contributed by atoms with E-state index in [0.717, 1.165) is 0 Å². The zero-order chi connectivity index (χ0) is 11.8. The third-order valence-corrected chi connectivity index (χ3v) is 2.42. The molecular formula is C9H8Cl3NO2. The van der Waals surface area contributed by atoms with Gasteiger partial charge < -0.3 is 4.57 Å². The molecule has 6 heteroatoms. The monoisotopic (exact) mass is 267 g/mol. The summed E-state index contributed by atoms with van der Waals surface area (Å²) in [5.74, 6) is -0.795. The molecule has 0 aliphatic heterocycles. The maximum atomic E-state index is 11.6. The maximum Gasteiger partial charge on any atom is 0.255 e. The summed E-state index contributed by atoms with van der Waals surface area (Å²) in [4.78, 5) is 22.7. The zero-order valence-corrected chi connectivity index (χ0v) is 10.3. The Hall–Kier alpha value is -0.510. The predicted molar refractivity (Wildman–Crippen MR) is 60.0 cm³/mol. The van der Waals surface area contributed by atoms with Crippen LogP contribution in [-0.2, 0) is 7.05 Å². The van der Waals surface area contributed by atoms with Crippen molar-refractivity contribution in [1.29, 1.82) is 0 Å². The first-order valence-corrected chi connectivity index (χ1v) is 5.15. The van der Waals surface area contributed by atoms with Crippen molar-refractivity contribution in [3.05, 3.63) is 23.5 Å². The van der Waals surface area contributed by atoms with Gasteiger partial charge in [0.15, 0.2) is 5.78 Å². The Labute approximate surface area is 102 Å². The molecule has 1 heterocycles. The van der Waals surface area contributed by atoms with Crippen LogP contribution in [0.1, 0.15) is 27.8 Å². The van der Waals surface area contributed by atoms with Crippen LogP contribution in [0.25, 0.3) is 0 Å². The zero-order valence-electron chi connectivity index (χ0n) is 8.05. The minimum Gasteiger partial charge on any atom is -0.347 e.